The number of aromatic amines is 1. The number of carbonyl (C=O) groups excluding carboxylic acids is 1. The van der Waals surface area contributed by atoms with Crippen LogP contribution in [-0.4, -0.2) is 62.8 Å². The lowest BCUT2D eigenvalue weighted by Crippen LogP contribution is -2.34. The fourth-order valence-corrected chi connectivity index (χ4v) is 3.72. The molecular weight excluding hydrogens is 432 g/mol. The molecule has 0 saturated carbocycles. The lowest BCUT2D eigenvalue weighted by molar-refractivity contribution is -0.115. The number of rotatable bonds is 7. The maximum absolute atomic E-state index is 11.7. The van der Waals surface area contributed by atoms with Gasteiger partial charge in [-0.05, 0) is 19.1 Å². The van der Waals surface area contributed by atoms with Crippen molar-refractivity contribution >= 4 is 28.8 Å². The van der Waals surface area contributed by atoms with Crippen LogP contribution in [0.5, 0.6) is 0 Å². The summed E-state index contributed by atoms with van der Waals surface area (Å²) in [6.07, 6.45) is 5.24. The largest absolute Gasteiger partial charge is 0.383 e. The van der Waals surface area contributed by atoms with E-state index in [0.29, 0.717) is 42.4 Å². The van der Waals surface area contributed by atoms with Crippen molar-refractivity contribution in [3.8, 4) is 11.1 Å². The highest BCUT2D eigenvalue weighted by Crippen LogP contribution is 2.26. The highest BCUT2D eigenvalue weighted by Gasteiger charge is 2.21. The van der Waals surface area contributed by atoms with Crippen molar-refractivity contribution in [2.24, 2.45) is 0 Å². The van der Waals surface area contributed by atoms with Crippen LogP contribution in [0.4, 0.5) is 11.5 Å². The number of hydrogen-bond donors (Lipinski definition) is 4. The van der Waals surface area contributed by atoms with Gasteiger partial charge in [0.1, 0.15) is 17.2 Å². The number of aryl methyl sites for hydroxylation is 1. The molecule has 5 N–H and O–H groups in total. The van der Waals surface area contributed by atoms with Crippen molar-refractivity contribution < 1.29 is 9.53 Å². The molecule has 1 amide bonds. The van der Waals surface area contributed by atoms with Gasteiger partial charge in [0.25, 0.3) is 0 Å². The number of carbonyl (C=O) groups is 1. The van der Waals surface area contributed by atoms with Gasteiger partial charge in [-0.2, -0.15) is 0 Å². The molecule has 10 heteroatoms. The molecule has 0 unspecified atom stereocenters. The number of imidazole rings is 1. The Hall–Kier alpha value is -4.05. The van der Waals surface area contributed by atoms with Gasteiger partial charge in [0.05, 0.1) is 30.8 Å². The number of nitrogen functional groups attached to an aromatic ring is 1. The molecule has 0 spiro atoms. The number of anilines is 2. The van der Waals surface area contributed by atoms with Gasteiger partial charge in [0.2, 0.25) is 5.91 Å². The molecule has 34 heavy (non-hydrogen) atoms. The average Bonchev–Trinajstić information content (AvgIpc) is 3.25. The first-order chi connectivity index (χ1) is 16.4. The number of nitrogens with one attached hydrogen (secondary N) is 3. The summed E-state index contributed by atoms with van der Waals surface area (Å²) in [5, 5.41) is 11.6. The van der Waals surface area contributed by atoms with E-state index in [-0.39, 0.29) is 17.4 Å². The molecule has 176 valence electrons. The molecule has 0 aromatic carbocycles. The number of ether oxygens (including phenoxy) is 1. The molecule has 1 aliphatic rings. The third kappa shape index (κ3) is 4.81. The Bertz CT molecular complexity index is 1240. The topological polar surface area (TPSA) is 146 Å². The summed E-state index contributed by atoms with van der Waals surface area (Å²) < 4.78 is 5.42. The zero-order valence-electron chi connectivity index (χ0n) is 19.3. The summed E-state index contributed by atoms with van der Waals surface area (Å²) in [5.41, 5.74) is 11.1. The first-order valence-electron chi connectivity index (χ1n) is 11.1. The molecule has 1 fully saturated rings. The van der Waals surface area contributed by atoms with Gasteiger partial charge in [-0.3, -0.25) is 15.2 Å². The Morgan fingerprint density at radius 2 is 2.00 bits per heavy atom. The Morgan fingerprint density at radius 1 is 1.26 bits per heavy atom. The summed E-state index contributed by atoms with van der Waals surface area (Å²) >= 11 is 0. The van der Waals surface area contributed by atoms with E-state index in [1.165, 1.54) is 0 Å². The SMILES string of the molecule is C=C(c1nc(C(=N)c2cc(-c3cncc(NC(=O)CC)c3)cnc2N)[nH]c1C)N1CCOCC1. The molecule has 3 aromatic rings. The predicted molar refractivity (Wildman–Crippen MR) is 131 cm³/mol. The standard InChI is InChI=1S/C24H28N8O2/c1-4-20(33)30-18-9-16(11-27-13-18)17-10-19(23(26)28-12-17)21(25)24-29-14(2)22(31-24)15(3)32-5-7-34-8-6-32/h9-13,25H,3-8H2,1-2H3,(H2,26,28)(H,29,31)(H,30,33). The quantitative estimate of drug-likeness (QED) is 0.397. The fourth-order valence-electron chi connectivity index (χ4n) is 3.72. The summed E-state index contributed by atoms with van der Waals surface area (Å²) in [5.74, 6) is 0.508. The number of nitrogens with zero attached hydrogens (tertiary/aromatic N) is 4. The van der Waals surface area contributed by atoms with Crippen molar-refractivity contribution in [2.75, 3.05) is 37.4 Å². The highest BCUT2D eigenvalue weighted by molar-refractivity contribution is 6.12. The van der Waals surface area contributed by atoms with Gasteiger partial charge in [0.15, 0.2) is 5.82 Å². The molecule has 4 heterocycles. The van der Waals surface area contributed by atoms with Crippen molar-refractivity contribution in [2.45, 2.75) is 20.3 Å². The lowest BCUT2D eigenvalue weighted by atomic mass is 10.0. The van der Waals surface area contributed by atoms with E-state index in [2.05, 4.69) is 36.7 Å². The third-order valence-corrected chi connectivity index (χ3v) is 5.65. The minimum absolute atomic E-state index is 0.0977. The summed E-state index contributed by atoms with van der Waals surface area (Å²) in [7, 11) is 0. The van der Waals surface area contributed by atoms with Crippen LogP contribution >= 0.6 is 0 Å². The second kappa shape index (κ2) is 9.84. The van der Waals surface area contributed by atoms with Gasteiger partial charge >= 0.3 is 0 Å². The number of H-pyrrole nitrogens is 1. The number of pyridine rings is 2. The van der Waals surface area contributed by atoms with Crippen LogP contribution in [0.3, 0.4) is 0 Å². The highest BCUT2D eigenvalue weighted by atomic mass is 16.5. The van der Waals surface area contributed by atoms with Gasteiger partial charge in [-0.25, -0.2) is 9.97 Å². The van der Waals surface area contributed by atoms with Crippen molar-refractivity contribution in [1.29, 1.82) is 5.41 Å². The molecular formula is C24H28N8O2. The van der Waals surface area contributed by atoms with Crippen LogP contribution in [0.25, 0.3) is 16.8 Å². The van der Waals surface area contributed by atoms with Gasteiger partial charge in [-0.1, -0.05) is 13.5 Å². The first-order valence-corrected chi connectivity index (χ1v) is 11.1. The summed E-state index contributed by atoms with van der Waals surface area (Å²) in [6, 6.07) is 3.59. The van der Waals surface area contributed by atoms with E-state index >= 15 is 0 Å². The zero-order chi connectivity index (χ0) is 24.2. The second-order valence-electron chi connectivity index (χ2n) is 8.00. The maximum atomic E-state index is 11.7. The summed E-state index contributed by atoms with van der Waals surface area (Å²) in [6.45, 7) is 10.7. The van der Waals surface area contributed by atoms with Crippen LogP contribution in [0.1, 0.15) is 36.1 Å². The molecule has 1 aliphatic heterocycles. The molecule has 0 radical (unpaired) electrons. The maximum Gasteiger partial charge on any atom is 0.224 e. The third-order valence-electron chi connectivity index (χ3n) is 5.65. The lowest BCUT2D eigenvalue weighted by Gasteiger charge is -2.29. The van der Waals surface area contributed by atoms with Crippen LogP contribution < -0.4 is 11.1 Å². The molecule has 10 nitrogen and oxygen atoms in total. The van der Waals surface area contributed by atoms with Crippen LogP contribution in [0, 0.1) is 12.3 Å². The molecule has 0 atom stereocenters. The number of aromatic nitrogens is 4. The van der Waals surface area contributed by atoms with E-state index in [0.717, 1.165) is 35.6 Å². The Morgan fingerprint density at radius 3 is 2.74 bits per heavy atom. The van der Waals surface area contributed by atoms with Crippen molar-refractivity contribution in [3.05, 3.63) is 60.1 Å². The monoisotopic (exact) mass is 460 g/mol. The number of amides is 1. The smallest absolute Gasteiger partial charge is 0.224 e. The van der Waals surface area contributed by atoms with E-state index in [9.17, 15) is 4.79 Å². The Balaban J connectivity index is 1.61. The Labute approximate surface area is 197 Å². The molecule has 1 saturated heterocycles. The van der Waals surface area contributed by atoms with Crippen LogP contribution in [0.15, 0.2) is 37.3 Å². The minimum Gasteiger partial charge on any atom is -0.383 e. The van der Waals surface area contributed by atoms with Crippen molar-refractivity contribution in [1.82, 2.24) is 24.8 Å². The molecule has 0 aliphatic carbocycles. The van der Waals surface area contributed by atoms with Crippen LogP contribution in [0.2, 0.25) is 0 Å². The fraction of sp³-hybridized carbons (Fsp3) is 0.292. The van der Waals surface area contributed by atoms with Gasteiger partial charge < -0.3 is 25.7 Å². The van der Waals surface area contributed by atoms with E-state index in [1.807, 2.05) is 13.0 Å². The zero-order valence-corrected chi connectivity index (χ0v) is 19.3. The molecule has 4 rings (SSSR count). The normalized spacial score (nSPS) is 13.5. The predicted octanol–water partition coefficient (Wildman–Crippen LogP) is 2.82. The second-order valence-corrected chi connectivity index (χ2v) is 8.00. The van der Waals surface area contributed by atoms with Gasteiger partial charge in [-0.15, -0.1) is 0 Å². The number of nitrogens with two attached hydrogens (primary N) is 1. The molecule has 0 bridgehead atoms. The van der Waals surface area contributed by atoms with Crippen LogP contribution in [-0.2, 0) is 9.53 Å². The van der Waals surface area contributed by atoms with Gasteiger partial charge in [0, 0.05) is 54.3 Å². The van der Waals surface area contributed by atoms with E-state index in [1.54, 1.807) is 31.6 Å². The first kappa shape index (κ1) is 23.1. The summed E-state index contributed by atoms with van der Waals surface area (Å²) in [4.78, 5) is 30.2. The number of morpholine rings is 1. The average molecular weight is 461 g/mol. The minimum atomic E-state index is -0.0977. The Kier molecular flexibility index (Phi) is 6.69. The van der Waals surface area contributed by atoms with E-state index in [4.69, 9.17) is 15.9 Å². The van der Waals surface area contributed by atoms with E-state index < -0.39 is 0 Å². The van der Waals surface area contributed by atoms with Crippen molar-refractivity contribution in [3.63, 3.8) is 0 Å². The molecule has 3 aromatic heterocycles. The number of hydrogen-bond acceptors (Lipinski definition) is 8.